The molecule has 108 valence electrons. The van der Waals surface area contributed by atoms with E-state index in [-0.39, 0.29) is 0 Å². The predicted octanol–water partition coefficient (Wildman–Crippen LogP) is 2.81. The van der Waals surface area contributed by atoms with Gasteiger partial charge in [-0.15, -0.1) is 0 Å². The van der Waals surface area contributed by atoms with Crippen LogP contribution >= 0.6 is 0 Å². The lowest BCUT2D eigenvalue weighted by Crippen LogP contribution is -2.09. The molecule has 5 heteroatoms. The normalized spacial score (nSPS) is 11.0. The number of aryl methyl sites for hydroxylation is 2. The maximum absolute atomic E-state index is 4.51. The Morgan fingerprint density at radius 3 is 2.71 bits per heavy atom. The second kappa shape index (κ2) is 5.91. The highest BCUT2D eigenvalue weighted by Gasteiger charge is 2.12. The quantitative estimate of drug-likeness (QED) is 0.781. The second-order valence-electron chi connectivity index (χ2n) is 4.98. The number of benzene rings is 1. The lowest BCUT2D eigenvalue weighted by atomic mass is 10.1. The first-order valence-electron chi connectivity index (χ1n) is 7.25. The lowest BCUT2D eigenvalue weighted by molar-refractivity contribution is 0.675. The van der Waals surface area contributed by atoms with E-state index in [9.17, 15) is 0 Å². The molecule has 3 rings (SSSR count). The summed E-state index contributed by atoms with van der Waals surface area (Å²) in [5.41, 5.74) is 4.18. The number of hydrogen-bond acceptors (Lipinski definition) is 4. The molecule has 0 unspecified atom stereocenters. The van der Waals surface area contributed by atoms with Crippen molar-refractivity contribution in [3.8, 4) is 0 Å². The summed E-state index contributed by atoms with van der Waals surface area (Å²) >= 11 is 0. The van der Waals surface area contributed by atoms with Crippen LogP contribution in [0.5, 0.6) is 0 Å². The fraction of sp³-hybridized carbons (Fsp3) is 0.312. The van der Waals surface area contributed by atoms with Gasteiger partial charge in [0.1, 0.15) is 17.4 Å². The fourth-order valence-electron chi connectivity index (χ4n) is 2.49. The van der Waals surface area contributed by atoms with Crippen LogP contribution in [0.1, 0.15) is 18.2 Å². The first kappa shape index (κ1) is 13.5. The van der Waals surface area contributed by atoms with Crippen molar-refractivity contribution in [2.45, 2.75) is 26.8 Å². The molecule has 0 radical (unpaired) electrons. The topological polar surface area (TPSA) is 55.6 Å². The molecule has 2 heterocycles. The van der Waals surface area contributed by atoms with Gasteiger partial charge in [-0.1, -0.05) is 30.3 Å². The van der Waals surface area contributed by atoms with Crippen LogP contribution in [0, 0.1) is 6.92 Å². The zero-order chi connectivity index (χ0) is 14.7. The average molecular weight is 281 g/mol. The van der Waals surface area contributed by atoms with Crippen LogP contribution in [0.25, 0.3) is 11.0 Å². The molecule has 1 N–H and O–H groups in total. The molecular formula is C16H19N5. The van der Waals surface area contributed by atoms with E-state index in [0.717, 1.165) is 42.1 Å². The fourth-order valence-corrected chi connectivity index (χ4v) is 2.49. The minimum atomic E-state index is 0.811. The smallest absolute Gasteiger partial charge is 0.155 e. The van der Waals surface area contributed by atoms with E-state index in [1.165, 1.54) is 5.56 Å². The largest absolute Gasteiger partial charge is 0.368 e. The van der Waals surface area contributed by atoms with Gasteiger partial charge in [-0.3, -0.25) is 4.68 Å². The van der Waals surface area contributed by atoms with Crippen LogP contribution < -0.4 is 5.32 Å². The van der Waals surface area contributed by atoms with Crippen molar-refractivity contribution in [2.75, 3.05) is 11.9 Å². The first-order chi connectivity index (χ1) is 10.3. The van der Waals surface area contributed by atoms with Crippen LogP contribution in [0.2, 0.25) is 0 Å². The van der Waals surface area contributed by atoms with Gasteiger partial charge in [-0.2, -0.15) is 5.10 Å². The van der Waals surface area contributed by atoms with Gasteiger partial charge < -0.3 is 5.32 Å². The standard InChI is InChI=1S/C16H19N5/c1-3-21-15-14(12(2)20-21)18-11-19-16(15)17-10-9-13-7-5-4-6-8-13/h4-8,11H,3,9-10H2,1-2H3,(H,17,18,19). The molecule has 0 saturated carbocycles. The van der Waals surface area contributed by atoms with E-state index in [4.69, 9.17) is 0 Å². The summed E-state index contributed by atoms with van der Waals surface area (Å²) in [6, 6.07) is 10.4. The molecular weight excluding hydrogens is 262 g/mol. The van der Waals surface area contributed by atoms with Gasteiger partial charge in [0.15, 0.2) is 5.82 Å². The van der Waals surface area contributed by atoms with E-state index in [2.05, 4.69) is 51.6 Å². The molecule has 0 aliphatic rings. The number of fused-ring (bicyclic) bond motifs is 1. The number of rotatable bonds is 5. The number of anilines is 1. The third-order valence-electron chi connectivity index (χ3n) is 3.54. The molecule has 1 aromatic carbocycles. The molecule has 0 aliphatic carbocycles. The molecule has 21 heavy (non-hydrogen) atoms. The Morgan fingerprint density at radius 2 is 1.95 bits per heavy atom. The molecule has 3 aromatic rings. The van der Waals surface area contributed by atoms with Crippen LogP contribution in [0.3, 0.4) is 0 Å². The molecule has 0 amide bonds. The Bertz CT molecular complexity index is 733. The third kappa shape index (κ3) is 2.72. The van der Waals surface area contributed by atoms with Crippen molar-refractivity contribution >= 4 is 16.9 Å². The summed E-state index contributed by atoms with van der Waals surface area (Å²) < 4.78 is 1.95. The number of hydrogen-bond donors (Lipinski definition) is 1. The van der Waals surface area contributed by atoms with E-state index in [0.29, 0.717) is 0 Å². The molecule has 0 aliphatic heterocycles. The summed E-state index contributed by atoms with van der Waals surface area (Å²) in [7, 11) is 0. The second-order valence-corrected chi connectivity index (χ2v) is 4.98. The number of nitrogens with zero attached hydrogens (tertiary/aromatic N) is 4. The zero-order valence-electron chi connectivity index (χ0n) is 12.4. The van der Waals surface area contributed by atoms with Crippen LogP contribution in [0.4, 0.5) is 5.82 Å². The average Bonchev–Trinajstić information content (AvgIpc) is 2.86. The van der Waals surface area contributed by atoms with Gasteiger partial charge >= 0.3 is 0 Å². The van der Waals surface area contributed by atoms with Crippen LogP contribution in [-0.4, -0.2) is 26.3 Å². The molecule has 0 bridgehead atoms. The first-order valence-corrected chi connectivity index (χ1v) is 7.25. The molecule has 2 aromatic heterocycles. The van der Waals surface area contributed by atoms with Crippen molar-refractivity contribution in [1.82, 2.24) is 19.7 Å². The van der Waals surface area contributed by atoms with E-state index in [1.54, 1.807) is 6.33 Å². The SMILES string of the molecule is CCn1nc(C)c2ncnc(NCCc3ccccc3)c21. The van der Waals surface area contributed by atoms with Gasteiger partial charge in [-0.05, 0) is 25.8 Å². The Balaban J connectivity index is 1.81. The zero-order valence-corrected chi connectivity index (χ0v) is 12.4. The molecule has 0 spiro atoms. The van der Waals surface area contributed by atoms with Gasteiger partial charge in [-0.25, -0.2) is 9.97 Å². The highest BCUT2D eigenvalue weighted by Crippen LogP contribution is 2.21. The van der Waals surface area contributed by atoms with E-state index >= 15 is 0 Å². The molecule has 0 atom stereocenters. The van der Waals surface area contributed by atoms with Crippen molar-refractivity contribution in [3.05, 3.63) is 47.9 Å². The molecule has 5 nitrogen and oxygen atoms in total. The Hall–Kier alpha value is -2.43. The van der Waals surface area contributed by atoms with E-state index < -0.39 is 0 Å². The Morgan fingerprint density at radius 1 is 1.14 bits per heavy atom. The van der Waals surface area contributed by atoms with Crippen molar-refractivity contribution < 1.29 is 0 Å². The van der Waals surface area contributed by atoms with Gasteiger partial charge in [0, 0.05) is 13.1 Å². The van der Waals surface area contributed by atoms with E-state index in [1.807, 2.05) is 17.7 Å². The number of aromatic nitrogens is 4. The van der Waals surface area contributed by atoms with Gasteiger partial charge in [0.25, 0.3) is 0 Å². The Kier molecular flexibility index (Phi) is 3.81. The van der Waals surface area contributed by atoms with Crippen molar-refractivity contribution in [3.63, 3.8) is 0 Å². The summed E-state index contributed by atoms with van der Waals surface area (Å²) in [6.07, 6.45) is 2.56. The minimum Gasteiger partial charge on any atom is -0.368 e. The number of nitrogens with one attached hydrogen (secondary N) is 1. The molecule has 0 fully saturated rings. The minimum absolute atomic E-state index is 0.811. The third-order valence-corrected chi connectivity index (χ3v) is 3.54. The highest BCUT2D eigenvalue weighted by atomic mass is 15.3. The van der Waals surface area contributed by atoms with Gasteiger partial charge in [0.05, 0.1) is 5.69 Å². The highest BCUT2D eigenvalue weighted by molar-refractivity contribution is 5.87. The summed E-state index contributed by atoms with van der Waals surface area (Å²) in [6.45, 7) is 5.71. The van der Waals surface area contributed by atoms with Crippen molar-refractivity contribution in [2.24, 2.45) is 0 Å². The summed E-state index contributed by atoms with van der Waals surface area (Å²) in [5, 5.41) is 7.92. The maximum Gasteiger partial charge on any atom is 0.155 e. The summed E-state index contributed by atoms with van der Waals surface area (Å²) in [4.78, 5) is 8.72. The monoisotopic (exact) mass is 281 g/mol. The van der Waals surface area contributed by atoms with Crippen LogP contribution in [0.15, 0.2) is 36.7 Å². The van der Waals surface area contributed by atoms with Crippen LogP contribution in [-0.2, 0) is 13.0 Å². The summed E-state index contributed by atoms with van der Waals surface area (Å²) in [5.74, 6) is 0.860. The predicted molar refractivity (Wildman–Crippen MR) is 84.4 cm³/mol. The van der Waals surface area contributed by atoms with Crippen molar-refractivity contribution in [1.29, 1.82) is 0 Å². The molecule has 0 saturated heterocycles. The maximum atomic E-state index is 4.51. The van der Waals surface area contributed by atoms with Gasteiger partial charge in [0.2, 0.25) is 0 Å². The Labute approximate surface area is 124 Å². The lowest BCUT2D eigenvalue weighted by Gasteiger charge is -2.08.